The van der Waals surface area contributed by atoms with Crippen molar-refractivity contribution in [2.45, 2.75) is 12.0 Å². The number of carbonyl (C=O) groups excluding carboxylic acids is 1. The number of rotatable bonds is 2. The number of hydrogen-bond acceptors (Lipinski definition) is 3. The van der Waals surface area contributed by atoms with Gasteiger partial charge in [0.2, 0.25) is 5.91 Å². The zero-order valence-corrected chi connectivity index (χ0v) is 9.30. The van der Waals surface area contributed by atoms with Gasteiger partial charge in [0.1, 0.15) is 5.54 Å². The third kappa shape index (κ3) is 2.19. The van der Waals surface area contributed by atoms with E-state index in [1.54, 1.807) is 0 Å². The predicted molar refractivity (Wildman–Crippen MR) is 57.3 cm³/mol. The molecule has 1 amide bonds. The summed E-state index contributed by atoms with van der Waals surface area (Å²) in [5.41, 5.74) is 4.03. The van der Waals surface area contributed by atoms with E-state index in [1.807, 2.05) is 0 Å². The summed E-state index contributed by atoms with van der Waals surface area (Å²) < 4.78 is 44.0. The van der Waals surface area contributed by atoms with Crippen LogP contribution in [0.1, 0.15) is 6.42 Å². The van der Waals surface area contributed by atoms with Gasteiger partial charge in [0, 0.05) is 6.61 Å². The second kappa shape index (κ2) is 4.58. The highest BCUT2D eigenvalue weighted by molar-refractivity contribution is 5.98. The summed E-state index contributed by atoms with van der Waals surface area (Å²) in [6, 6.07) is 1.66. The fourth-order valence-corrected chi connectivity index (χ4v) is 1.63. The van der Waals surface area contributed by atoms with Gasteiger partial charge in [-0.3, -0.25) is 4.79 Å². The molecule has 1 atom stereocenters. The lowest BCUT2D eigenvalue weighted by Crippen LogP contribution is -2.51. The zero-order valence-electron chi connectivity index (χ0n) is 9.30. The van der Waals surface area contributed by atoms with Crippen molar-refractivity contribution < 1.29 is 22.7 Å². The molecule has 0 bridgehead atoms. The Morgan fingerprint density at radius 2 is 2.06 bits per heavy atom. The molecule has 0 aliphatic carbocycles. The third-order valence-electron chi connectivity index (χ3n) is 2.79. The van der Waals surface area contributed by atoms with E-state index < -0.39 is 34.6 Å². The summed E-state index contributed by atoms with van der Waals surface area (Å²) in [4.78, 5) is 11.8. The third-order valence-corrected chi connectivity index (χ3v) is 2.79. The molecule has 98 valence electrons. The van der Waals surface area contributed by atoms with Crippen molar-refractivity contribution in [3.8, 4) is 0 Å². The molecule has 1 saturated heterocycles. The molecule has 1 fully saturated rings. The van der Waals surface area contributed by atoms with Crippen LogP contribution >= 0.6 is 0 Å². The molecule has 1 aliphatic rings. The van der Waals surface area contributed by atoms with Crippen molar-refractivity contribution in [2.75, 3.05) is 18.5 Å². The average Bonchev–Trinajstić information content (AvgIpc) is 2.78. The second-order valence-corrected chi connectivity index (χ2v) is 4.14. The number of anilines is 1. The highest BCUT2D eigenvalue weighted by Gasteiger charge is 2.38. The summed E-state index contributed by atoms with van der Waals surface area (Å²) in [5.74, 6) is -5.10. The Morgan fingerprint density at radius 3 is 2.67 bits per heavy atom. The molecule has 1 aromatic carbocycles. The van der Waals surface area contributed by atoms with Gasteiger partial charge < -0.3 is 15.8 Å². The Balaban J connectivity index is 2.19. The van der Waals surface area contributed by atoms with Crippen LogP contribution in [0.3, 0.4) is 0 Å². The van der Waals surface area contributed by atoms with E-state index in [0.717, 1.165) is 12.1 Å². The lowest BCUT2D eigenvalue weighted by atomic mass is 9.99. The minimum atomic E-state index is -1.64. The minimum Gasteiger partial charge on any atom is -0.379 e. The average molecular weight is 260 g/mol. The first-order chi connectivity index (χ1) is 8.44. The van der Waals surface area contributed by atoms with Crippen LogP contribution in [0, 0.1) is 17.5 Å². The second-order valence-electron chi connectivity index (χ2n) is 4.14. The number of benzene rings is 1. The van der Waals surface area contributed by atoms with Gasteiger partial charge in [-0.05, 0) is 18.6 Å². The van der Waals surface area contributed by atoms with Crippen LogP contribution in [0.4, 0.5) is 18.9 Å². The van der Waals surface area contributed by atoms with Gasteiger partial charge in [0.15, 0.2) is 17.5 Å². The van der Waals surface area contributed by atoms with Crippen molar-refractivity contribution >= 4 is 11.6 Å². The first kappa shape index (κ1) is 12.8. The van der Waals surface area contributed by atoms with E-state index in [4.69, 9.17) is 10.5 Å². The van der Waals surface area contributed by atoms with Gasteiger partial charge in [0.25, 0.3) is 0 Å². The van der Waals surface area contributed by atoms with Crippen LogP contribution in [-0.4, -0.2) is 24.7 Å². The van der Waals surface area contributed by atoms with E-state index >= 15 is 0 Å². The van der Waals surface area contributed by atoms with Gasteiger partial charge in [-0.25, -0.2) is 13.2 Å². The van der Waals surface area contributed by atoms with Crippen molar-refractivity contribution in [2.24, 2.45) is 5.73 Å². The molecule has 4 nitrogen and oxygen atoms in total. The molecule has 1 aromatic rings. The van der Waals surface area contributed by atoms with E-state index in [1.165, 1.54) is 0 Å². The molecule has 2 rings (SSSR count). The van der Waals surface area contributed by atoms with Crippen molar-refractivity contribution in [1.29, 1.82) is 0 Å². The van der Waals surface area contributed by atoms with Gasteiger partial charge in [-0.15, -0.1) is 0 Å². The predicted octanol–water partition coefficient (Wildman–Crippen LogP) is 1.16. The Hall–Kier alpha value is -1.60. The van der Waals surface area contributed by atoms with E-state index in [-0.39, 0.29) is 13.0 Å². The maximum Gasteiger partial charge on any atom is 0.247 e. The number of ether oxygens (including phenoxy) is 1. The minimum absolute atomic E-state index is 0.00410. The van der Waals surface area contributed by atoms with Crippen LogP contribution in [0.25, 0.3) is 0 Å². The standard InChI is InChI=1S/C11H11F3N2O2/c12-6-1-2-7(9(14)8(6)13)16-10(17)11(15)3-4-18-5-11/h1-2H,3-5,15H2,(H,16,17). The quantitative estimate of drug-likeness (QED) is 0.784. The molecule has 7 heteroatoms. The maximum atomic E-state index is 13.3. The van der Waals surface area contributed by atoms with Gasteiger partial charge >= 0.3 is 0 Å². The molecule has 1 heterocycles. The highest BCUT2D eigenvalue weighted by atomic mass is 19.2. The van der Waals surface area contributed by atoms with E-state index in [0.29, 0.717) is 6.61 Å². The molecule has 1 unspecified atom stereocenters. The molecule has 0 aromatic heterocycles. The number of nitrogens with two attached hydrogens (primary N) is 1. The van der Waals surface area contributed by atoms with E-state index in [2.05, 4.69) is 5.32 Å². The number of nitrogens with one attached hydrogen (secondary N) is 1. The lowest BCUT2D eigenvalue weighted by Gasteiger charge is -2.20. The van der Waals surface area contributed by atoms with E-state index in [9.17, 15) is 18.0 Å². The highest BCUT2D eigenvalue weighted by Crippen LogP contribution is 2.22. The van der Waals surface area contributed by atoms with Crippen LogP contribution in [-0.2, 0) is 9.53 Å². The molecule has 3 N–H and O–H groups in total. The first-order valence-corrected chi connectivity index (χ1v) is 5.25. The molecule has 0 spiro atoms. The van der Waals surface area contributed by atoms with Gasteiger partial charge in [-0.2, -0.15) is 0 Å². The topological polar surface area (TPSA) is 64.4 Å². The number of carbonyl (C=O) groups is 1. The van der Waals surface area contributed by atoms with Crippen LogP contribution in [0.15, 0.2) is 12.1 Å². The SMILES string of the molecule is NC1(C(=O)Nc2ccc(F)c(F)c2F)CCOC1. The lowest BCUT2D eigenvalue weighted by molar-refractivity contribution is -0.121. The smallest absolute Gasteiger partial charge is 0.247 e. The Kier molecular flexibility index (Phi) is 3.27. The normalized spacial score (nSPS) is 23.1. The van der Waals surface area contributed by atoms with Crippen molar-refractivity contribution in [3.63, 3.8) is 0 Å². The Bertz CT molecular complexity index is 487. The Morgan fingerprint density at radius 1 is 1.33 bits per heavy atom. The van der Waals surface area contributed by atoms with Gasteiger partial charge in [-0.1, -0.05) is 0 Å². The number of halogens is 3. The Labute approximate surface area is 101 Å². The zero-order chi connectivity index (χ0) is 13.3. The maximum absolute atomic E-state index is 13.3. The first-order valence-electron chi connectivity index (χ1n) is 5.25. The fraction of sp³-hybridized carbons (Fsp3) is 0.364. The molecule has 1 aliphatic heterocycles. The van der Waals surface area contributed by atoms with Gasteiger partial charge in [0.05, 0.1) is 12.3 Å². The summed E-state index contributed by atoms with van der Waals surface area (Å²) in [6.45, 7) is 0.328. The molecule has 18 heavy (non-hydrogen) atoms. The summed E-state index contributed by atoms with van der Waals surface area (Å²) in [7, 11) is 0. The molecule has 0 saturated carbocycles. The number of hydrogen-bond donors (Lipinski definition) is 2. The molecular weight excluding hydrogens is 249 g/mol. The van der Waals surface area contributed by atoms with Crippen LogP contribution in [0.5, 0.6) is 0 Å². The monoisotopic (exact) mass is 260 g/mol. The van der Waals surface area contributed by atoms with Crippen LogP contribution in [0.2, 0.25) is 0 Å². The summed E-state index contributed by atoms with van der Waals surface area (Å²) in [5, 5.41) is 2.14. The van der Waals surface area contributed by atoms with Crippen molar-refractivity contribution in [3.05, 3.63) is 29.6 Å². The molecule has 0 radical (unpaired) electrons. The molecular formula is C11H11F3N2O2. The summed E-state index contributed by atoms with van der Waals surface area (Å²) in [6.07, 6.45) is 0.282. The van der Waals surface area contributed by atoms with Crippen molar-refractivity contribution in [1.82, 2.24) is 0 Å². The fourth-order valence-electron chi connectivity index (χ4n) is 1.63. The largest absolute Gasteiger partial charge is 0.379 e. The summed E-state index contributed by atoms with van der Waals surface area (Å²) >= 11 is 0. The van der Waals surface area contributed by atoms with Crippen LogP contribution < -0.4 is 11.1 Å². The number of amides is 1.